The number of aryl methyl sites for hydroxylation is 1. The topological polar surface area (TPSA) is 168 Å². The number of hydrogen-bond acceptors (Lipinski definition) is 9. The van der Waals surface area contributed by atoms with E-state index in [0.29, 0.717) is 55.2 Å². The Morgan fingerprint density at radius 2 is 1.98 bits per heavy atom. The van der Waals surface area contributed by atoms with E-state index in [9.17, 15) is 23.1 Å². The zero-order valence-electron chi connectivity index (χ0n) is 24.5. The molecule has 1 aromatic heterocycles. The lowest BCUT2D eigenvalue weighted by atomic mass is 9.84. The second kappa shape index (κ2) is 11.7. The molecule has 3 aromatic rings. The lowest BCUT2D eigenvalue weighted by molar-refractivity contribution is -0.127. The summed E-state index contributed by atoms with van der Waals surface area (Å²) in [6.07, 6.45) is 1.63. The van der Waals surface area contributed by atoms with E-state index in [2.05, 4.69) is 20.7 Å². The number of aliphatic hydroxyl groups is 1. The number of aromatic nitrogens is 3. The van der Waals surface area contributed by atoms with Gasteiger partial charge in [-0.25, -0.2) is 22.9 Å². The van der Waals surface area contributed by atoms with Crippen LogP contribution in [0.3, 0.4) is 0 Å². The highest BCUT2D eigenvalue weighted by molar-refractivity contribution is 7.89. The Balaban J connectivity index is 1.26. The molecule has 0 saturated carbocycles. The Hall–Kier alpha value is -4.21. The van der Waals surface area contributed by atoms with Gasteiger partial charge in [0.15, 0.2) is 5.82 Å². The number of benzene rings is 2. The summed E-state index contributed by atoms with van der Waals surface area (Å²) in [5, 5.41) is 20.6. The molecular weight excluding hydrogens is 590 g/mol. The first kappa shape index (κ1) is 29.8. The van der Waals surface area contributed by atoms with E-state index in [4.69, 9.17) is 9.47 Å². The third kappa shape index (κ3) is 5.69. The highest BCUT2D eigenvalue weighted by atomic mass is 32.2. The minimum absolute atomic E-state index is 0.0244. The van der Waals surface area contributed by atoms with Gasteiger partial charge in [0.1, 0.15) is 28.8 Å². The van der Waals surface area contributed by atoms with Gasteiger partial charge < -0.3 is 30.1 Å². The van der Waals surface area contributed by atoms with Crippen LogP contribution in [0, 0.1) is 0 Å². The number of sulfonamides is 1. The maximum Gasteiger partial charge on any atom is 0.321 e. The average molecular weight is 626 g/mol. The summed E-state index contributed by atoms with van der Waals surface area (Å²) in [7, 11) is -0.930. The number of fused-ring (bicyclic) bond motifs is 2. The number of anilines is 1. The van der Waals surface area contributed by atoms with Crippen molar-refractivity contribution in [1.82, 2.24) is 29.3 Å². The van der Waals surface area contributed by atoms with Gasteiger partial charge in [-0.1, -0.05) is 6.07 Å². The van der Waals surface area contributed by atoms with E-state index in [1.54, 1.807) is 60.1 Å². The van der Waals surface area contributed by atoms with E-state index in [1.807, 2.05) is 0 Å². The SMILES string of the molecule is COc1cccc(NC(=O)N2CCC3(CCOc4cc(-c5ncnn5C)ccc4S(=O)(=O)N4C[C@H](O)C[C@H]4C(=O)N3)CC2)c1. The van der Waals surface area contributed by atoms with Crippen LogP contribution in [-0.4, -0.2) is 100 Å². The van der Waals surface area contributed by atoms with Crippen LogP contribution < -0.4 is 20.1 Å². The van der Waals surface area contributed by atoms with Crippen LogP contribution in [0.2, 0.25) is 0 Å². The second-order valence-corrected chi connectivity index (χ2v) is 13.2. The Morgan fingerprint density at radius 3 is 2.70 bits per heavy atom. The lowest BCUT2D eigenvalue weighted by Gasteiger charge is -2.43. The van der Waals surface area contributed by atoms with Crippen molar-refractivity contribution in [3.8, 4) is 22.9 Å². The number of amides is 3. The van der Waals surface area contributed by atoms with E-state index in [-0.39, 0.29) is 36.2 Å². The van der Waals surface area contributed by atoms with Gasteiger partial charge in [-0.15, -0.1) is 0 Å². The Kier molecular flexibility index (Phi) is 7.94. The molecule has 1 spiro atoms. The molecule has 2 aromatic carbocycles. The first-order valence-electron chi connectivity index (χ1n) is 14.4. The van der Waals surface area contributed by atoms with Gasteiger partial charge in [0.05, 0.1) is 19.8 Å². The smallest absolute Gasteiger partial charge is 0.321 e. The van der Waals surface area contributed by atoms with Crippen molar-refractivity contribution in [3.63, 3.8) is 0 Å². The molecule has 0 aliphatic carbocycles. The number of ether oxygens (including phenoxy) is 2. The molecule has 234 valence electrons. The van der Waals surface area contributed by atoms with Gasteiger partial charge >= 0.3 is 6.03 Å². The first-order valence-corrected chi connectivity index (χ1v) is 15.9. The Morgan fingerprint density at radius 1 is 1.18 bits per heavy atom. The van der Waals surface area contributed by atoms with Crippen LogP contribution in [0.15, 0.2) is 53.7 Å². The molecule has 3 amide bonds. The van der Waals surface area contributed by atoms with Gasteiger partial charge in [0.2, 0.25) is 15.9 Å². The van der Waals surface area contributed by atoms with Crippen LogP contribution in [0.4, 0.5) is 10.5 Å². The monoisotopic (exact) mass is 625 g/mol. The minimum Gasteiger partial charge on any atom is -0.497 e. The molecule has 15 heteroatoms. The zero-order chi connectivity index (χ0) is 31.1. The van der Waals surface area contributed by atoms with Crippen molar-refractivity contribution in [2.45, 2.75) is 48.3 Å². The summed E-state index contributed by atoms with van der Waals surface area (Å²) in [6, 6.07) is 10.4. The van der Waals surface area contributed by atoms with E-state index in [1.165, 1.54) is 12.4 Å². The number of aliphatic hydroxyl groups excluding tert-OH is 1. The molecule has 0 radical (unpaired) electrons. The molecule has 3 aliphatic rings. The maximum atomic E-state index is 13.9. The van der Waals surface area contributed by atoms with Crippen LogP contribution >= 0.6 is 0 Å². The summed E-state index contributed by atoms with van der Waals surface area (Å²) in [5.74, 6) is 0.813. The fourth-order valence-corrected chi connectivity index (χ4v) is 7.87. The number of urea groups is 1. The predicted molar refractivity (Wildman–Crippen MR) is 159 cm³/mol. The average Bonchev–Trinajstić information content (AvgIpc) is 3.62. The molecule has 3 N–H and O–H groups in total. The quantitative estimate of drug-likeness (QED) is 0.391. The molecular formula is C29H35N7O7S. The highest BCUT2D eigenvalue weighted by Gasteiger charge is 2.47. The van der Waals surface area contributed by atoms with Crippen LogP contribution in [-0.2, 0) is 21.9 Å². The fraction of sp³-hybridized carbons (Fsp3) is 0.448. The number of nitrogens with one attached hydrogen (secondary N) is 2. The molecule has 2 fully saturated rings. The van der Waals surface area contributed by atoms with Gasteiger partial charge in [0.25, 0.3) is 0 Å². The first-order chi connectivity index (χ1) is 21.1. The predicted octanol–water partition coefficient (Wildman–Crippen LogP) is 1.58. The van der Waals surface area contributed by atoms with Crippen LogP contribution in [0.25, 0.3) is 11.4 Å². The van der Waals surface area contributed by atoms with Crippen molar-refractivity contribution >= 4 is 27.6 Å². The second-order valence-electron chi connectivity index (χ2n) is 11.4. The molecule has 0 unspecified atom stereocenters. The van der Waals surface area contributed by atoms with Crippen molar-refractivity contribution in [2.75, 3.05) is 38.7 Å². The normalized spacial score (nSPS) is 23.1. The number of hydrogen-bond donors (Lipinski definition) is 3. The lowest BCUT2D eigenvalue weighted by Crippen LogP contribution is -2.60. The Bertz CT molecular complexity index is 1670. The maximum absolute atomic E-state index is 13.9. The van der Waals surface area contributed by atoms with Crippen molar-refractivity contribution in [3.05, 3.63) is 48.8 Å². The largest absolute Gasteiger partial charge is 0.497 e. The van der Waals surface area contributed by atoms with Crippen molar-refractivity contribution in [1.29, 1.82) is 0 Å². The van der Waals surface area contributed by atoms with E-state index < -0.39 is 33.6 Å². The number of methoxy groups -OCH3 is 1. The molecule has 0 bridgehead atoms. The van der Waals surface area contributed by atoms with Gasteiger partial charge in [-0.3, -0.25) is 4.79 Å². The standard InChI is InChI=1S/C29H35N7O7S/c1-34-26(30-18-31-34)19-6-7-25-24(14-19)43-13-10-29(33-27(38)23-16-21(37)17-36(23)44(25,40)41)8-11-35(12-9-29)28(39)32-20-4-3-5-22(15-20)42-2/h3-7,14-15,18,21,23,37H,8-13,16-17H2,1-2H3,(H,32,39)(H,33,38)/t21-,23+/m1/s1. The third-order valence-electron chi connectivity index (χ3n) is 8.59. The molecule has 44 heavy (non-hydrogen) atoms. The molecule has 14 nitrogen and oxygen atoms in total. The molecule has 6 rings (SSSR count). The fourth-order valence-electron chi connectivity index (χ4n) is 6.12. The highest BCUT2D eigenvalue weighted by Crippen LogP contribution is 2.37. The minimum atomic E-state index is -4.22. The summed E-state index contributed by atoms with van der Waals surface area (Å²) in [5.41, 5.74) is 0.469. The number of carbonyl (C=O) groups is 2. The number of rotatable bonds is 3. The molecule has 4 heterocycles. The summed E-state index contributed by atoms with van der Waals surface area (Å²) >= 11 is 0. The summed E-state index contributed by atoms with van der Waals surface area (Å²) in [6.45, 7) is 0.626. The van der Waals surface area contributed by atoms with Crippen LogP contribution in [0.1, 0.15) is 25.7 Å². The van der Waals surface area contributed by atoms with Gasteiger partial charge in [-0.05, 0) is 43.2 Å². The van der Waals surface area contributed by atoms with Gasteiger partial charge in [0, 0.05) is 62.4 Å². The van der Waals surface area contributed by atoms with Crippen molar-refractivity contribution in [2.24, 2.45) is 7.05 Å². The number of carbonyl (C=O) groups excluding carboxylic acids is 2. The number of piperidine rings is 1. The molecule has 3 aliphatic heterocycles. The number of likely N-dealkylation sites (tertiary alicyclic amines) is 1. The van der Waals surface area contributed by atoms with E-state index >= 15 is 0 Å². The Labute approximate surface area is 255 Å². The summed E-state index contributed by atoms with van der Waals surface area (Å²) in [4.78, 5) is 32.6. The summed E-state index contributed by atoms with van der Waals surface area (Å²) < 4.78 is 41.9. The molecule has 2 saturated heterocycles. The van der Waals surface area contributed by atoms with Crippen molar-refractivity contribution < 1.29 is 32.6 Å². The van der Waals surface area contributed by atoms with E-state index in [0.717, 1.165) is 4.31 Å². The molecule has 2 atom stereocenters. The van der Waals surface area contributed by atoms with Gasteiger partial charge in [-0.2, -0.15) is 9.40 Å². The van der Waals surface area contributed by atoms with Crippen LogP contribution in [0.5, 0.6) is 11.5 Å². The zero-order valence-corrected chi connectivity index (χ0v) is 25.3. The number of nitrogens with zero attached hydrogens (tertiary/aromatic N) is 5. The third-order valence-corrected chi connectivity index (χ3v) is 10.5.